The topological polar surface area (TPSA) is 58.2 Å². The van der Waals surface area contributed by atoms with E-state index in [-0.39, 0.29) is 11.9 Å². The molecule has 6 heteroatoms. The number of hydrogen-bond acceptors (Lipinski definition) is 3. The fourth-order valence-corrected chi connectivity index (χ4v) is 3.98. The number of rotatable bonds is 6. The molecule has 2 rings (SSSR count). The number of benzene rings is 1. The first-order valence-corrected chi connectivity index (χ1v) is 9.82. The molecule has 4 nitrogen and oxygen atoms in total. The molecular weight excluding hydrogens is 364 g/mol. The number of carbonyl (C=O) groups is 1. The van der Waals surface area contributed by atoms with Crippen LogP contribution in [-0.2, 0) is 15.6 Å². The first kappa shape index (κ1) is 17.6. The van der Waals surface area contributed by atoms with Gasteiger partial charge in [-0.1, -0.05) is 15.9 Å². The van der Waals surface area contributed by atoms with Gasteiger partial charge in [-0.25, -0.2) is 0 Å². The van der Waals surface area contributed by atoms with Crippen molar-refractivity contribution in [2.24, 2.45) is 0 Å². The summed E-state index contributed by atoms with van der Waals surface area (Å²) in [5.41, 5.74) is 0. The number of nitrogens with one attached hydrogen (secondary N) is 2. The Morgan fingerprint density at radius 3 is 2.82 bits per heavy atom. The molecule has 22 heavy (non-hydrogen) atoms. The summed E-state index contributed by atoms with van der Waals surface area (Å²) in [7, 11) is -1.03. The highest BCUT2D eigenvalue weighted by Gasteiger charge is 2.19. The van der Waals surface area contributed by atoms with E-state index in [0.717, 1.165) is 28.8 Å². The zero-order chi connectivity index (χ0) is 15.9. The van der Waals surface area contributed by atoms with Gasteiger partial charge in [0, 0.05) is 33.6 Å². The van der Waals surface area contributed by atoms with Gasteiger partial charge in [-0.05, 0) is 57.0 Å². The van der Waals surface area contributed by atoms with Gasteiger partial charge in [0.1, 0.15) is 0 Å². The third-order valence-corrected chi connectivity index (χ3v) is 5.78. The van der Waals surface area contributed by atoms with Crippen molar-refractivity contribution in [3.05, 3.63) is 28.7 Å². The second kappa shape index (κ2) is 8.79. The molecule has 1 aliphatic heterocycles. The van der Waals surface area contributed by atoms with Crippen LogP contribution in [0.4, 0.5) is 0 Å². The van der Waals surface area contributed by atoms with Crippen LogP contribution in [0.1, 0.15) is 32.6 Å². The Morgan fingerprint density at radius 2 is 2.14 bits per heavy atom. The Labute approximate surface area is 143 Å². The van der Waals surface area contributed by atoms with Crippen molar-refractivity contribution in [3.8, 4) is 0 Å². The molecule has 3 atom stereocenters. The maximum atomic E-state index is 12.1. The summed E-state index contributed by atoms with van der Waals surface area (Å²) in [4.78, 5) is 12.8. The second-order valence-corrected chi connectivity index (χ2v) is 8.24. The van der Waals surface area contributed by atoms with Crippen LogP contribution in [0, 0.1) is 0 Å². The van der Waals surface area contributed by atoms with Crippen molar-refractivity contribution in [1.29, 1.82) is 0 Å². The average Bonchev–Trinajstić information content (AvgIpc) is 2.47. The van der Waals surface area contributed by atoms with E-state index in [0.29, 0.717) is 24.6 Å². The molecule has 1 aliphatic rings. The van der Waals surface area contributed by atoms with Crippen LogP contribution in [0.2, 0.25) is 0 Å². The summed E-state index contributed by atoms with van der Waals surface area (Å²) in [6, 6.07) is 8.23. The van der Waals surface area contributed by atoms with Gasteiger partial charge in [-0.3, -0.25) is 9.00 Å². The van der Waals surface area contributed by atoms with E-state index in [1.54, 1.807) is 0 Å². The highest BCUT2D eigenvalue weighted by Crippen LogP contribution is 2.14. The molecule has 0 saturated carbocycles. The van der Waals surface area contributed by atoms with E-state index >= 15 is 0 Å². The number of carbonyl (C=O) groups excluding carboxylic acids is 1. The van der Waals surface area contributed by atoms with Crippen molar-refractivity contribution in [3.63, 3.8) is 0 Å². The number of piperidine rings is 1. The zero-order valence-corrected chi connectivity index (χ0v) is 15.2. The van der Waals surface area contributed by atoms with Crippen LogP contribution in [0.25, 0.3) is 0 Å². The van der Waals surface area contributed by atoms with Crippen LogP contribution in [0.3, 0.4) is 0 Å². The normalized spacial score (nSPS) is 23.0. The number of halogens is 1. The van der Waals surface area contributed by atoms with Gasteiger partial charge >= 0.3 is 0 Å². The highest BCUT2D eigenvalue weighted by atomic mass is 79.9. The average molecular weight is 387 g/mol. The predicted molar refractivity (Wildman–Crippen MR) is 93.3 cm³/mol. The van der Waals surface area contributed by atoms with Crippen LogP contribution in [0.5, 0.6) is 0 Å². The molecule has 1 saturated heterocycles. The standard InChI is InChI=1S/C16H23BrN2O2S/c1-12-11-14(8-9-18-12)19-16(20)3-2-10-22(21)15-6-4-13(17)5-7-15/h4-7,12,14,18H,2-3,8-11H2,1H3,(H,19,20). The lowest BCUT2D eigenvalue weighted by atomic mass is 10.0. The fourth-order valence-electron chi connectivity index (χ4n) is 2.63. The van der Waals surface area contributed by atoms with E-state index in [1.807, 2.05) is 24.3 Å². The molecule has 3 unspecified atom stereocenters. The second-order valence-electron chi connectivity index (χ2n) is 5.75. The monoisotopic (exact) mass is 386 g/mol. The van der Waals surface area contributed by atoms with Gasteiger partial charge in [0.25, 0.3) is 0 Å². The molecular formula is C16H23BrN2O2S. The van der Waals surface area contributed by atoms with E-state index in [4.69, 9.17) is 0 Å². The third kappa shape index (κ3) is 5.82. The predicted octanol–water partition coefficient (Wildman–Crippen LogP) is 2.59. The quantitative estimate of drug-likeness (QED) is 0.789. The van der Waals surface area contributed by atoms with Gasteiger partial charge in [-0.2, -0.15) is 0 Å². The minimum Gasteiger partial charge on any atom is -0.353 e. The molecule has 0 aliphatic carbocycles. The van der Waals surface area contributed by atoms with E-state index in [1.165, 1.54) is 0 Å². The summed E-state index contributed by atoms with van der Waals surface area (Å²) < 4.78 is 13.1. The van der Waals surface area contributed by atoms with Crippen LogP contribution in [-0.4, -0.2) is 34.5 Å². The van der Waals surface area contributed by atoms with Crippen LogP contribution in [0.15, 0.2) is 33.6 Å². The van der Waals surface area contributed by atoms with Gasteiger partial charge in [-0.15, -0.1) is 0 Å². The largest absolute Gasteiger partial charge is 0.353 e. The summed E-state index contributed by atoms with van der Waals surface area (Å²) >= 11 is 3.36. The molecule has 1 amide bonds. The lowest BCUT2D eigenvalue weighted by Crippen LogP contribution is -2.46. The Morgan fingerprint density at radius 1 is 1.41 bits per heavy atom. The highest BCUT2D eigenvalue weighted by molar-refractivity contribution is 9.10. The molecule has 1 heterocycles. The maximum Gasteiger partial charge on any atom is 0.220 e. The Bertz CT molecular complexity index is 521. The zero-order valence-electron chi connectivity index (χ0n) is 12.8. The lowest BCUT2D eigenvalue weighted by Gasteiger charge is -2.28. The van der Waals surface area contributed by atoms with Crippen LogP contribution < -0.4 is 10.6 Å². The minimum absolute atomic E-state index is 0.0758. The Kier molecular flexibility index (Phi) is 7.05. The summed E-state index contributed by atoms with van der Waals surface area (Å²) in [6.07, 6.45) is 3.06. The number of amides is 1. The van der Waals surface area contributed by atoms with Crippen molar-refractivity contribution < 1.29 is 9.00 Å². The minimum atomic E-state index is -1.03. The molecule has 0 bridgehead atoms. The van der Waals surface area contributed by atoms with E-state index < -0.39 is 10.8 Å². The maximum absolute atomic E-state index is 12.1. The first-order valence-electron chi connectivity index (χ1n) is 7.71. The molecule has 0 radical (unpaired) electrons. The van der Waals surface area contributed by atoms with E-state index in [2.05, 4.69) is 33.5 Å². The smallest absolute Gasteiger partial charge is 0.220 e. The summed E-state index contributed by atoms with van der Waals surface area (Å²) in [6.45, 7) is 3.10. The number of hydrogen-bond donors (Lipinski definition) is 2. The van der Waals surface area contributed by atoms with Crippen molar-refractivity contribution in [2.75, 3.05) is 12.3 Å². The van der Waals surface area contributed by atoms with E-state index in [9.17, 15) is 9.00 Å². The van der Waals surface area contributed by atoms with Crippen molar-refractivity contribution in [1.82, 2.24) is 10.6 Å². The molecule has 2 N–H and O–H groups in total. The van der Waals surface area contributed by atoms with Gasteiger partial charge in [0.2, 0.25) is 5.91 Å². The third-order valence-electron chi connectivity index (χ3n) is 3.80. The Hall–Kier alpha value is -0.720. The molecule has 0 spiro atoms. The van der Waals surface area contributed by atoms with Crippen molar-refractivity contribution in [2.45, 2.75) is 49.6 Å². The molecule has 1 aromatic carbocycles. The SMILES string of the molecule is CC1CC(NC(=O)CCCS(=O)c2ccc(Br)cc2)CCN1. The summed E-state index contributed by atoms with van der Waals surface area (Å²) in [5, 5.41) is 6.46. The fraction of sp³-hybridized carbons (Fsp3) is 0.562. The van der Waals surface area contributed by atoms with Gasteiger partial charge in [0.15, 0.2) is 0 Å². The molecule has 0 aromatic heterocycles. The Balaban J connectivity index is 1.68. The first-order chi connectivity index (χ1) is 10.5. The molecule has 122 valence electrons. The molecule has 1 fully saturated rings. The lowest BCUT2D eigenvalue weighted by molar-refractivity contribution is -0.122. The molecule has 1 aromatic rings. The summed E-state index contributed by atoms with van der Waals surface area (Å²) in [5.74, 6) is 0.601. The van der Waals surface area contributed by atoms with Gasteiger partial charge in [0.05, 0.1) is 10.8 Å². The van der Waals surface area contributed by atoms with Crippen LogP contribution >= 0.6 is 15.9 Å². The van der Waals surface area contributed by atoms with Crippen molar-refractivity contribution >= 4 is 32.6 Å². The van der Waals surface area contributed by atoms with Gasteiger partial charge < -0.3 is 10.6 Å².